The van der Waals surface area contributed by atoms with Gasteiger partial charge in [-0.25, -0.2) is 17.6 Å². The lowest BCUT2D eigenvalue weighted by Crippen LogP contribution is -2.21. The van der Waals surface area contributed by atoms with Crippen LogP contribution in [0.25, 0.3) is 0 Å². The molecule has 0 spiro atoms. The highest BCUT2D eigenvalue weighted by Gasteiger charge is 2.19. The normalized spacial score (nSPS) is 10.3. The van der Waals surface area contributed by atoms with Crippen LogP contribution in [-0.2, 0) is 0 Å². The van der Waals surface area contributed by atoms with E-state index in [1.807, 2.05) is 6.92 Å². The molecule has 0 aliphatic carbocycles. The van der Waals surface area contributed by atoms with Crippen LogP contribution >= 0.6 is 12.2 Å². The third-order valence-electron chi connectivity index (χ3n) is 2.66. The average molecular weight is 314 g/mol. The second-order valence-corrected chi connectivity index (χ2v) is 4.70. The van der Waals surface area contributed by atoms with Gasteiger partial charge in [-0.3, -0.25) is 0 Å². The van der Waals surface area contributed by atoms with Gasteiger partial charge in [-0.1, -0.05) is 17.7 Å². The maximum absolute atomic E-state index is 13.5. The summed E-state index contributed by atoms with van der Waals surface area (Å²) in [4.78, 5) is 0. The molecule has 110 valence electrons. The number of rotatable bonds is 2. The summed E-state index contributed by atoms with van der Waals surface area (Å²) in [7, 11) is 0. The molecule has 2 aromatic carbocycles. The molecule has 0 saturated carbocycles. The van der Waals surface area contributed by atoms with Crippen molar-refractivity contribution in [3.05, 3.63) is 59.2 Å². The summed E-state index contributed by atoms with van der Waals surface area (Å²) >= 11 is 4.86. The number of anilines is 2. The first-order chi connectivity index (χ1) is 9.88. The molecule has 2 rings (SSSR count). The van der Waals surface area contributed by atoms with E-state index in [1.165, 1.54) is 0 Å². The van der Waals surface area contributed by atoms with Gasteiger partial charge in [0.1, 0.15) is 5.69 Å². The monoisotopic (exact) mass is 314 g/mol. The summed E-state index contributed by atoms with van der Waals surface area (Å²) in [5.74, 6) is -6.09. The number of hydrogen-bond acceptors (Lipinski definition) is 1. The summed E-state index contributed by atoms with van der Waals surface area (Å²) in [6.45, 7) is 1.89. The van der Waals surface area contributed by atoms with Crippen LogP contribution in [0.2, 0.25) is 0 Å². The van der Waals surface area contributed by atoms with Crippen LogP contribution in [0, 0.1) is 30.2 Å². The summed E-state index contributed by atoms with van der Waals surface area (Å²) in [5, 5.41) is 4.57. The zero-order chi connectivity index (χ0) is 15.6. The van der Waals surface area contributed by atoms with Gasteiger partial charge in [-0.05, 0) is 31.3 Å². The molecule has 0 fully saturated rings. The van der Waals surface area contributed by atoms with E-state index in [2.05, 4.69) is 10.6 Å². The first-order valence-electron chi connectivity index (χ1n) is 5.86. The molecule has 0 heterocycles. The molecule has 2 nitrogen and oxygen atoms in total. The predicted octanol–water partition coefficient (Wildman–Crippen LogP) is 4.36. The fraction of sp³-hybridized carbons (Fsp3) is 0.0714. The van der Waals surface area contributed by atoms with Crippen LogP contribution in [-0.4, -0.2) is 5.11 Å². The zero-order valence-corrected chi connectivity index (χ0v) is 11.6. The molecule has 0 unspecified atom stereocenters. The van der Waals surface area contributed by atoms with Gasteiger partial charge < -0.3 is 10.6 Å². The van der Waals surface area contributed by atoms with Crippen molar-refractivity contribution in [2.24, 2.45) is 0 Å². The Morgan fingerprint density at radius 2 is 1.43 bits per heavy atom. The summed E-state index contributed by atoms with van der Waals surface area (Å²) in [6.07, 6.45) is 0. The lowest BCUT2D eigenvalue weighted by Gasteiger charge is -2.12. The molecule has 0 aliphatic rings. The summed E-state index contributed by atoms with van der Waals surface area (Å²) < 4.78 is 53.0. The minimum atomic E-state index is -1.54. The Kier molecular flexibility index (Phi) is 4.42. The Hall–Kier alpha value is -2.15. The smallest absolute Gasteiger partial charge is 0.185 e. The van der Waals surface area contributed by atoms with Gasteiger partial charge in [0.15, 0.2) is 28.4 Å². The molecule has 0 bridgehead atoms. The number of benzene rings is 2. The average Bonchev–Trinajstić information content (AvgIpc) is 2.44. The Bertz CT molecular complexity index is 660. The molecule has 0 aromatic heterocycles. The molecule has 7 heteroatoms. The van der Waals surface area contributed by atoms with Crippen molar-refractivity contribution in [2.75, 3.05) is 10.6 Å². The summed E-state index contributed by atoms with van der Waals surface area (Å²) in [6, 6.07) is 7.12. The Balaban J connectivity index is 2.18. The van der Waals surface area contributed by atoms with E-state index < -0.39 is 29.0 Å². The highest BCUT2D eigenvalue weighted by atomic mass is 32.1. The van der Waals surface area contributed by atoms with Gasteiger partial charge >= 0.3 is 0 Å². The highest BCUT2D eigenvalue weighted by molar-refractivity contribution is 7.80. The molecule has 21 heavy (non-hydrogen) atoms. The Morgan fingerprint density at radius 1 is 0.905 bits per heavy atom. The van der Waals surface area contributed by atoms with E-state index >= 15 is 0 Å². The predicted molar refractivity (Wildman–Crippen MR) is 77.3 cm³/mol. The minimum Gasteiger partial charge on any atom is -0.332 e. The lowest BCUT2D eigenvalue weighted by molar-refractivity contribution is 0.459. The second kappa shape index (κ2) is 6.09. The Morgan fingerprint density at radius 3 is 1.95 bits per heavy atom. The lowest BCUT2D eigenvalue weighted by atomic mass is 10.2. The maximum Gasteiger partial charge on any atom is 0.185 e. The van der Waals surface area contributed by atoms with E-state index in [4.69, 9.17) is 12.2 Å². The van der Waals surface area contributed by atoms with Crippen LogP contribution in [0.4, 0.5) is 28.9 Å². The van der Waals surface area contributed by atoms with Crippen molar-refractivity contribution >= 4 is 28.7 Å². The van der Waals surface area contributed by atoms with E-state index in [0.29, 0.717) is 5.69 Å². The van der Waals surface area contributed by atoms with E-state index in [-0.39, 0.29) is 11.2 Å². The molecule has 0 amide bonds. The molecule has 0 atom stereocenters. The minimum absolute atomic E-state index is 0.131. The quantitative estimate of drug-likeness (QED) is 0.489. The van der Waals surface area contributed by atoms with Crippen LogP contribution in [0.5, 0.6) is 0 Å². The fourth-order valence-corrected chi connectivity index (χ4v) is 1.82. The van der Waals surface area contributed by atoms with Crippen molar-refractivity contribution in [2.45, 2.75) is 6.92 Å². The number of thiocarbonyl (C=S) groups is 1. The first kappa shape index (κ1) is 15.2. The number of halogens is 4. The van der Waals surface area contributed by atoms with Crippen LogP contribution in [0.3, 0.4) is 0 Å². The van der Waals surface area contributed by atoms with E-state index in [1.54, 1.807) is 24.3 Å². The number of aryl methyl sites for hydroxylation is 1. The number of nitrogens with one attached hydrogen (secondary N) is 2. The SMILES string of the molecule is Cc1ccc(NC(=S)Nc2c(F)c(F)cc(F)c2F)cc1. The van der Waals surface area contributed by atoms with E-state index in [9.17, 15) is 17.6 Å². The third kappa shape index (κ3) is 3.49. The van der Waals surface area contributed by atoms with Gasteiger partial charge in [-0.2, -0.15) is 0 Å². The highest BCUT2D eigenvalue weighted by Crippen LogP contribution is 2.24. The third-order valence-corrected chi connectivity index (χ3v) is 2.86. The van der Waals surface area contributed by atoms with Crippen LogP contribution in [0.1, 0.15) is 5.56 Å². The maximum atomic E-state index is 13.5. The van der Waals surface area contributed by atoms with Gasteiger partial charge in [0.2, 0.25) is 0 Å². The van der Waals surface area contributed by atoms with Crippen molar-refractivity contribution in [1.82, 2.24) is 0 Å². The van der Waals surface area contributed by atoms with Crippen molar-refractivity contribution < 1.29 is 17.6 Å². The molecule has 0 saturated heterocycles. The molecular weight excluding hydrogens is 304 g/mol. The van der Waals surface area contributed by atoms with Crippen LogP contribution < -0.4 is 10.6 Å². The van der Waals surface area contributed by atoms with Gasteiger partial charge in [-0.15, -0.1) is 0 Å². The van der Waals surface area contributed by atoms with Gasteiger partial charge in [0.05, 0.1) is 0 Å². The van der Waals surface area contributed by atoms with E-state index in [0.717, 1.165) is 5.56 Å². The van der Waals surface area contributed by atoms with Crippen molar-refractivity contribution in [3.63, 3.8) is 0 Å². The number of hydrogen-bond donors (Lipinski definition) is 2. The second-order valence-electron chi connectivity index (χ2n) is 4.29. The van der Waals surface area contributed by atoms with Gasteiger partial charge in [0.25, 0.3) is 0 Å². The standard InChI is InChI=1S/C14H10F4N2S/c1-7-2-4-8(5-3-7)19-14(21)20-13-11(17)9(15)6-10(16)12(13)18/h2-6H,1H3,(H2,19,20,21). The van der Waals surface area contributed by atoms with Crippen LogP contribution in [0.15, 0.2) is 30.3 Å². The first-order valence-corrected chi connectivity index (χ1v) is 6.27. The largest absolute Gasteiger partial charge is 0.332 e. The summed E-state index contributed by atoms with van der Waals surface area (Å²) in [5.41, 5.74) is 0.608. The van der Waals surface area contributed by atoms with Gasteiger partial charge in [0, 0.05) is 11.8 Å². The molecular formula is C14H10F4N2S. The topological polar surface area (TPSA) is 24.1 Å². The van der Waals surface area contributed by atoms with Crippen molar-refractivity contribution in [3.8, 4) is 0 Å². The van der Waals surface area contributed by atoms with Crippen molar-refractivity contribution in [1.29, 1.82) is 0 Å². The Labute approximate surface area is 123 Å². The molecule has 0 aliphatic heterocycles. The molecule has 2 aromatic rings. The molecule has 2 N–H and O–H groups in total. The zero-order valence-electron chi connectivity index (χ0n) is 10.8. The fourth-order valence-electron chi connectivity index (χ4n) is 1.60. The molecule has 0 radical (unpaired) electrons.